The van der Waals surface area contributed by atoms with Crippen LogP contribution in [0.1, 0.15) is 24.0 Å². The second-order valence-electron chi connectivity index (χ2n) is 11.2. The van der Waals surface area contributed by atoms with Gasteiger partial charge in [0.1, 0.15) is 12.4 Å². The van der Waals surface area contributed by atoms with E-state index in [1.54, 1.807) is 17.3 Å². The van der Waals surface area contributed by atoms with Crippen LogP contribution in [-0.4, -0.2) is 99.0 Å². The second kappa shape index (κ2) is 14.3. The number of likely N-dealkylation sites (N-methyl/N-ethyl adjacent to an activating group) is 2. The third-order valence-electron chi connectivity index (χ3n) is 7.84. The van der Waals surface area contributed by atoms with Crippen molar-refractivity contribution < 1.29 is 14.3 Å². The van der Waals surface area contributed by atoms with E-state index in [1.807, 2.05) is 36.2 Å². The van der Waals surface area contributed by atoms with Gasteiger partial charge in [0.25, 0.3) is 0 Å². The zero-order valence-electron chi connectivity index (χ0n) is 24.4. The number of ether oxygens (including phenoxy) is 1. The van der Waals surface area contributed by atoms with E-state index in [-0.39, 0.29) is 30.2 Å². The van der Waals surface area contributed by atoms with Gasteiger partial charge < -0.3 is 29.7 Å². The van der Waals surface area contributed by atoms with Gasteiger partial charge >= 0.3 is 0 Å². The molecule has 2 aromatic rings. The summed E-state index contributed by atoms with van der Waals surface area (Å²) >= 11 is 0. The van der Waals surface area contributed by atoms with Gasteiger partial charge in [-0.15, -0.1) is 0 Å². The average Bonchev–Trinajstić information content (AvgIpc) is 2.96. The quantitative estimate of drug-likeness (QED) is 0.508. The number of piperidine rings is 1. The highest BCUT2D eigenvalue weighted by Crippen LogP contribution is 2.30. The molecule has 2 bridgehead atoms. The van der Waals surface area contributed by atoms with Crippen LogP contribution in [0.2, 0.25) is 0 Å². The molecule has 9 heteroatoms. The molecule has 40 heavy (non-hydrogen) atoms. The number of rotatable bonds is 8. The van der Waals surface area contributed by atoms with Crippen molar-refractivity contribution in [2.75, 3.05) is 72.4 Å². The molecule has 2 aliphatic rings. The van der Waals surface area contributed by atoms with Gasteiger partial charge in [-0.25, -0.2) is 0 Å². The molecule has 4 rings (SSSR count). The summed E-state index contributed by atoms with van der Waals surface area (Å²) in [5, 5.41) is 3.35. The van der Waals surface area contributed by atoms with Crippen LogP contribution in [0.5, 0.6) is 5.75 Å². The van der Waals surface area contributed by atoms with Crippen LogP contribution in [0.4, 0.5) is 5.69 Å². The fourth-order valence-corrected chi connectivity index (χ4v) is 5.31. The van der Waals surface area contributed by atoms with Gasteiger partial charge in [0, 0.05) is 83.4 Å². The van der Waals surface area contributed by atoms with E-state index in [2.05, 4.69) is 59.5 Å². The first-order chi connectivity index (χ1) is 19.3. The Labute approximate surface area is 238 Å². The molecule has 0 aliphatic carbocycles. The van der Waals surface area contributed by atoms with E-state index in [4.69, 9.17) is 4.74 Å². The number of nitrogens with zero attached hydrogens (tertiary/aromatic N) is 5. The van der Waals surface area contributed by atoms with E-state index < -0.39 is 0 Å². The molecule has 9 nitrogen and oxygen atoms in total. The number of hydrogen-bond acceptors (Lipinski definition) is 7. The van der Waals surface area contributed by atoms with Gasteiger partial charge in [0.2, 0.25) is 11.8 Å². The van der Waals surface area contributed by atoms with Gasteiger partial charge in [-0.3, -0.25) is 14.6 Å². The summed E-state index contributed by atoms with van der Waals surface area (Å²) in [5.74, 6) is 1.31. The van der Waals surface area contributed by atoms with Crippen LogP contribution in [0.25, 0.3) is 0 Å². The summed E-state index contributed by atoms with van der Waals surface area (Å²) in [6.07, 6.45) is 8.98. The number of carbonyl (C=O) groups is 2. The summed E-state index contributed by atoms with van der Waals surface area (Å²) in [6.45, 7) is 4.97. The molecule has 1 fully saturated rings. The smallest absolute Gasteiger partial charge is 0.236 e. The van der Waals surface area contributed by atoms with Crippen molar-refractivity contribution in [2.45, 2.75) is 25.9 Å². The molecule has 1 saturated heterocycles. The fourth-order valence-electron chi connectivity index (χ4n) is 5.31. The number of benzene rings is 1. The monoisotopic (exact) mass is 548 g/mol. The maximum Gasteiger partial charge on any atom is 0.236 e. The lowest BCUT2D eigenvalue weighted by molar-refractivity contribution is -0.134. The van der Waals surface area contributed by atoms with Crippen LogP contribution in [0.3, 0.4) is 0 Å². The van der Waals surface area contributed by atoms with Gasteiger partial charge in [-0.1, -0.05) is 18.2 Å². The number of amides is 2. The lowest BCUT2D eigenvalue weighted by Gasteiger charge is -2.37. The summed E-state index contributed by atoms with van der Waals surface area (Å²) in [5.41, 5.74) is 3.17. The average molecular weight is 549 g/mol. The molecule has 2 amide bonds. The van der Waals surface area contributed by atoms with E-state index in [0.717, 1.165) is 42.1 Å². The zero-order valence-corrected chi connectivity index (χ0v) is 24.4. The predicted molar refractivity (Wildman–Crippen MR) is 158 cm³/mol. The van der Waals surface area contributed by atoms with Crippen molar-refractivity contribution in [2.24, 2.45) is 11.8 Å². The van der Waals surface area contributed by atoms with E-state index in [0.29, 0.717) is 39.2 Å². The molecular weight excluding hydrogens is 504 g/mol. The highest BCUT2D eigenvalue weighted by Gasteiger charge is 2.32. The van der Waals surface area contributed by atoms with Gasteiger partial charge in [-0.05, 0) is 62.2 Å². The van der Waals surface area contributed by atoms with Crippen LogP contribution in [-0.2, 0) is 22.7 Å². The molecule has 0 radical (unpaired) electrons. The molecule has 1 N–H and O–H groups in total. The van der Waals surface area contributed by atoms with Crippen molar-refractivity contribution in [1.29, 1.82) is 0 Å². The number of pyridine rings is 1. The Bertz CT molecular complexity index is 1160. The lowest BCUT2D eigenvalue weighted by Crippen LogP contribution is -2.47. The summed E-state index contributed by atoms with van der Waals surface area (Å²) in [7, 11) is 8.09. The first kappa shape index (κ1) is 29.6. The Hall–Kier alpha value is -3.43. The fraction of sp³-hybridized carbons (Fsp3) is 0.516. The van der Waals surface area contributed by atoms with Gasteiger partial charge in [0.05, 0.1) is 6.54 Å². The maximum atomic E-state index is 13.1. The van der Waals surface area contributed by atoms with E-state index >= 15 is 0 Å². The van der Waals surface area contributed by atoms with Gasteiger partial charge in [0.15, 0.2) is 0 Å². The van der Waals surface area contributed by atoms with Crippen molar-refractivity contribution >= 4 is 17.5 Å². The molecule has 2 aliphatic heterocycles. The zero-order chi connectivity index (χ0) is 28.5. The van der Waals surface area contributed by atoms with Crippen molar-refractivity contribution in [3.63, 3.8) is 0 Å². The molecule has 0 spiro atoms. The van der Waals surface area contributed by atoms with Crippen LogP contribution < -0.4 is 15.0 Å². The maximum absolute atomic E-state index is 13.1. The summed E-state index contributed by atoms with van der Waals surface area (Å²) in [4.78, 5) is 38.5. The Kier molecular flexibility index (Phi) is 10.5. The minimum absolute atomic E-state index is 0.0952. The minimum Gasteiger partial charge on any atom is -0.489 e. The molecule has 1 aromatic heterocycles. The third kappa shape index (κ3) is 8.29. The Morgan fingerprint density at radius 3 is 2.77 bits per heavy atom. The van der Waals surface area contributed by atoms with Crippen LogP contribution in [0.15, 0.2) is 54.9 Å². The number of hydrogen-bond donors (Lipinski definition) is 1. The number of anilines is 1. The SMILES string of the molecule is CN(C)CCN(C)c1ccc2c(c1)CNCC(=O)N1CC[C@@H](CC(=O)N(C)Cc3cccnc3)[C@@H](/C=C\CO2)C1. The van der Waals surface area contributed by atoms with E-state index in [9.17, 15) is 9.59 Å². The van der Waals surface area contributed by atoms with Crippen molar-refractivity contribution in [1.82, 2.24) is 25.0 Å². The first-order valence-corrected chi connectivity index (χ1v) is 14.2. The molecule has 3 heterocycles. The van der Waals surface area contributed by atoms with Crippen LogP contribution in [0, 0.1) is 11.8 Å². The van der Waals surface area contributed by atoms with Crippen LogP contribution >= 0.6 is 0 Å². The van der Waals surface area contributed by atoms with E-state index in [1.165, 1.54) is 0 Å². The number of nitrogens with one attached hydrogen (secondary N) is 1. The normalized spacial score (nSPS) is 20.4. The Balaban J connectivity index is 1.43. The third-order valence-corrected chi connectivity index (χ3v) is 7.84. The number of carbonyl (C=O) groups excluding carboxylic acids is 2. The second-order valence-corrected chi connectivity index (χ2v) is 11.2. The summed E-state index contributed by atoms with van der Waals surface area (Å²) < 4.78 is 6.19. The molecule has 2 atom stereocenters. The highest BCUT2D eigenvalue weighted by atomic mass is 16.5. The standard InChI is InChI=1S/C31H44N6O3/c1-34(2)14-15-35(3)28-9-10-29-27(17-28)20-33-21-31(39)37-13-11-25(26(23-37)8-6-16-40-29)18-30(38)36(4)22-24-7-5-12-32-19-24/h5-10,12,17,19,25-26,33H,11,13-16,18,20-23H2,1-4H3/b8-6-/t25-,26-/m0/s1. The molecule has 0 saturated carbocycles. The topological polar surface area (TPSA) is 81.3 Å². The minimum atomic E-state index is 0.0952. The van der Waals surface area contributed by atoms with Crippen molar-refractivity contribution in [3.8, 4) is 5.75 Å². The largest absolute Gasteiger partial charge is 0.489 e. The molecular formula is C31H44N6O3. The molecule has 1 aromatic carbocycles. The number of fused-ring (bicyclic) bond motifs is 3. The summed E-state index contributed by atoms with van der Waals surface area (Å²) in [6, 6.07) is 10.1. The lowest BCUT2D eigenvalue weighted by atomic mass is 9.82. The number of aromatic nitrogens is 1. The molecule has 216 valence electrons. The Morgan fingerprint density at radius 2 is 2.00 bits per heavy atom. The highest BCUT2D eigenvalue weighted by molar-refractivity contribution is 5.79. The Morgan fingerprint density at radius 1 is 1.15 bits per heavy atom. The van der Waals surface area contributed by atoms with Gasteiger partial charge in [-0.2, -0.15) is 0 Å². The first-order valence-electron chi connectivity index (χ1n) is 14.2. The predicted octanol–water partition coefficient (Wildman–Crippen LogP) is 2.63. The van der Waals surface area contributed by atoms with Crippen molar-refractivity contribution in [3.05, 3.63) is 66.0 Å². The molecule has 0 unspecified atom stereocenters.